The van der Waals surface area contributed by atoms with Crippen LogP contribution in [-0.4, -0.2) is 62.8 Å². The van der Waals surface area contributed by atoms with Crippen molar-refractivity contribution >= 4 is 30.6 Å². The van der Waals surface area contributed by atoms with E-state index in [0.29, 0.717) is 24.8 Å². The van der Waals surface area contributed by atoms with Gasteiger partial charge < -0.3 is 19.9 Å². The molecule has 0 bridgehead atoms. The average molecular weight is 556 g/mol. The number of fused-ring (bicyclic) bond motifs is 3. The summed E-state index contributed by atoms with van der Waals surface area (Å²) in [6.45, 7) is -0.212. The van der Waals surface area contributed by atoms with Gasteiger partial charge in [-0.1, -0.05) is 43.5 Å². The number of phenols is 1. The third kappa shape index (κ3) is 5.38. The summed E-state index contributed by atoms with van der Waals surface area (Å²) in [7, 11) is -1.07. The quantitative estimate of drug-likeness (QED) is 0.265. The Balaban J connectivity index is 1.30. The van der Waals surface area contributed by atoms with E-state index in [4.69, 9.17) is 4.65 Å². The second-order valence-corrected chi connectivity index (χ2v) is 11.8. The molecule has 2 amide bonds. The molecule has 2 saturated heterocycles. The molecule has 2 aliphatic carbocycles. The van der Waals surface area contributed by atoms with Gasteiger partial charge in [0.2, 0.25) is 11.8 Å². The van der Waals surface area contributed by atoms with Crippen LogP contribution < -0.4 is 0 Å². The second kappa shape index (κ2) is 11.9. The molecular weight excluding hydrogens is 519 g/mol. The number of hydrogen-bond acceptors (Lipinski definition) is 7. The van der Waals surface area contributed by atoms with Gasteiger partial charge in [0.1, 0.15) is 5.75 Å². The summed E-state index contributed by atoms with van der Waals surface area (Å²) in [6, 6.07) is 12.7. The van der Waals surface area contributed by atoms with Crippen molar-refractivity contribution < 1.29 is 29.5 Å². The number of aromatic hydroxyl groups is 1. The summed E-state index contributed by atoms with van der Waals surface area (Å²) < 4.78 is 6.08. The monoisotopic (exact) mass is 556 g/mol. The van der Waals surface area contributed by atoms with Gasteiger partial charge in [0.15, 0.2) is 0 Å². The summed E-state index contributed by atoms with van der Waals surface area (Å²) in [5.41, 5.74) is 3.95. The molecule has 3 fully saturated rings. The van der Waals surface area contributed by atoms with Crippen LogP contribution in [-0.2, 0) is 14.2 Å². The number of hydrogen-bond donors (Lipinski definition) is 3. The van der Waals surface area contributed by atoms with Gasteiger partial charge in [-0.05, 0) is 85.3 Å². The molecule has 1 saturated carbocycles. The minimum absolute atomic E-state index is 0.0450. The molecule has 2 aromatic rings. The van der Waals surface area contributed by atoms with Gasteiger partial charge in [0.05, 0.1) is 30.2 Å². The molecule has 4 atom stereocenters. The lowest BCUT2D eigenvalue weighted by molar-refractivity contribution is -0.143. The van der Waals surface area contributed by atoms with Gasteiger partial charge in [0, 0.05) is 17.8 Å². The molecular formula is C32H37BN2O6. The van der Waals surface area contributed by atoms with E-state index in [2.05, 4.69) is 4.98 Å². The maximum Gasteiger partial charge on any atom is 0.455 e. The van der Waals surface area contributed by atoms with Crippen molar-refractivity contribution in [2.75, 3.05) is 6.61 Å². The number of aliphatic hydroxyl groups excluding tert-OH is 1. The number of aliphatic hydroxyl groups is 1. The van der Waals surface area contributed by atoms with E-state index < -0.39 is 25.1 Å². The van der Waals surface area contributed by atoms with Gasteiger partial charge in [-0.25, -0.2) is 0 Å². The number of carbonyl (C=O) groups excluding carboxylic acids is 2. The van der Waals surface area contributed by atoms with Gasteiger partial charge >= 0.3 is 7.12 Å². The molecule has 41 heavy (non-hydrogen) atoms. The fourth-order valence-electron chi connectivity index (χ4n) is 7.54. The number of likely N-dealkylation sites (tertiary alicyclic amines) is 1. The standard InChI is InChI=1S/C32H37BN2O6/c36-19-22-17-24-30(32(39)35(31(24)38)23-9-2-1-3-10-23)25-18-33(40)41-28(29(22)25)14-13-20(26-11-6-7-15-34-26)16-21-8-4-5-12-27(21)37/h4-8,11-12,15-16,23-25,28,30,36-37,40H,1-3,9-10,13-14,17-19H2/b20-16-/t24-,25+,28-,30-/m1/s1. The largest absolute Gasteiger partial charge is 0.507 e. The number of aromatic nitrogens is 1. The molecule has 3 N–H and O–H groups in total. The lowest BCUT2D eigenvalue weighted by atomic mass is 9.58. The topological polar surface area (TPSA) is 120 Å². The van der Waals surface area contributed by atoms with E-state index in [-0.39, 0.29) is 42.5 Å². The van der Waals surface area contributed by atoms with Crippen LogP contribution in [0.15, 0.2) is 59.8 Å². The lowest BCUT2D eigenvalue weighted by Crippen LogP contribution is -2.47. The number of rotatable bonds is 7. The molecule has 8 nitrogen and oxygen atoms in total. The van der Waals surface area contributed by atoms with Crippen molar-refractivity contribution in [3.05, 3.63) is 71.1 Å². The van der Waals surface area contributed by atoms with E-state index >= 15 is 0 Å². The van der Waals surface area contributed by atoms with Gasteiger partial charge in [-0.15, -0.1) is 0 Å². The van der Waals surface area contributed by atoms with Crippen LogP contribution in [0.5, 0.6) is 5.75 Å². The molecule has 214 valence electrons. The number of pyridine rings is 1. The van der Waals surface area contributed by atoms with Crippen molar-refractivity contribution in [3.8, 4) is 5.75 Å². The zero-order chi connectivity index (χ0) is 28.5. The number of carbonyl (C=O) groups is 2. The maximum absolute atomic E-state index is 13.9. The summed E-state index contributed by atoms with van der Waals surface area (Å²) in [5.74, 6) is -1.43. The molecule has 2 aliphatic heterocycles. The number of para-hydroxylation sites is 1. The molecule has 9 heteroatoms. The fraction of sp³-hybridized carbons (Fsp3) is 0.469. The Labute approximate surface area is 240 Å². The van der Waals surface area contributed by atoms with E-state index in [1.165, 1.54) is 4.90 Å². The number of nitrogens with zero attached hydrogens (tertiary/aromatic N) is 2. The summed E-state index contributed by atoms with van der Waals surface area (Å²) >= 11 is 0. The lowest BCUT2D eigenvalue weighted by Gasteiger charge is -2.43. The fourth-order valence-corrected chi connectivity index (χ4v) is 7.54. The molecule has 1 aromatic carbocycles. The molecule has 6 rings (SSSR count). The first kappa shape index (κ1) is 27.9. The SMILES string of the molecule is O=C1[C@@H]2[C@@H](CC(CO)=C3[C@@H](CC/C(=C/c4ccccc4O)c4ccccn4)OB(O)C[C@@H]32)C(=O)N1C1CCCCC1. The smallest absolute Gasteiger partial charge is 0.455 e. The molecule has 0 radical (unpaired) electrons. The number of amides is 2. The Morgan fingerprint density at radius 3 is 2.56 bits per heavy atom. The number of benzene rings is 1. The Morgan fingerprint density at radius 1 is 1.05 bits per heavy atom. The van der Waals surface area contributed by atoms with Gasteiger partial charge in [0.25, 0.3) is 0 Å². The van der Waals surface area contributed by atoms with Crippen molar-refractivity contribution in [1.82, 2.24) is 9.88 Å². The molecule has 3 heterocycles. The highest BCUT2D eigenvalue weighted by atomic mass is 16.5. The maximum atomic E-state index is 13.9. The Hall–Kier alpha value is -3.27. The normalized spacial score (nSPS) is 27.3. The number of phenolic OH excluding ortho intramolecular Hbond substituents is 1. The van der Waals surface area contributed by atoms with Crippen LogP contribution in [0.4, 0.5) is 0 Å². The minimum atomic E-state index is -1.07. The van der Waals surface area contributed by atoms with E-state index in [1.807, 2.05) is 36.4 Å². The van der Waals surface area contributed by atoms with Crippen LogP contribution >= 0.6 is 0 Å². The number of allylic oxidation sites excluding steroid dienone is 1. The highest BCUT2D eigenvalue weighted by Crippen LogP contribution is 2.51. The molecule has 0 unspecified atom stereocenters. The summed E-state index contributed by atoms with van der Waals surface area (Å²) in [5, 5.41) is 31.7. The zero-order valence-corrected chi connectivity index (χ0v) is 23.2. The predicted octanol–water partition coefficient (Wildman–Crippen LogP) is 4.23. The molecule has 1 aromatic heterocycles. The Bertz CT molecular complexity index is 1350. The van der Waals surface area contributed by atoms with Gasteiger partial charge in [-0.3, -0.25) is 19.5 Å². The Morgan fingerprint density at radius 2 is 1.83 bits per heavy atom. The first-order valence-corrected chi connectivity index (χ1v) is 14.9. The third-order valence-electron chi connectivity index (χ3n) is 9.41. The Kier molecular flexibility index (Phi) is 8.11. The van der Waals surface area contributed by atoms with Crippen molar-refractivity contribution in [2.45, 2.75) is 69.8 Å². The van der Waals surface area contributed by atoms with Crippen LogP contribution in [0, 0.1) is 17.8 Å². The first-order valence-electron chi connectivity index (χ1n) is 14.9. The average Bonchev–Trinajstić information content (AvgIpc) is 3.25. The predicted molar refractivity (Wildman–Crippen MR) is 155 cm³/mol. The molecule has 0 spiro atoms. The zero-order valence-electron chi connectivity index (χ0n) is 23.2. The van der Waals surface area contributed by atoms with E-state index in [1.54, 1.807) is 18.3 Å². The van der Waals surface area contributed by atoms with Crippen molar-refractivity contribution in [3.63, 3.8) is 0 Å². The van der Waals surface area contributed by atoms with E-state index in [9.17, 15) is 24.8 Å². The third-order valence-corrected chi connectivity index (χ3v) is 9.41. The highest BCUT2D eigenvalue weighted by Gasteiger charge is 2.58. The highest BCUT2D eigenvalue weighted by molar-refractivity contribution is 6.43. The minimum Gasteiger partial charge on any atom is -0.507 e. The van der Waals surface area contributed by atoms with Crippen LogP contribution in [0.25, 0.3) is 11.6 Å². The first-order chi connectivity index (χ1) is 20.0. The van der Waals surface area contributed by atoms with Gasteiger partial charge in [-0.2, -0.15) is 0 Å². The second-order valence-electron chi connectivity index (χ2n) is 11.8. The van der Waals surface area contributed by atoms with Crippen molar-refractivity contribution in [1.29, 1.82) is 0 Å². The summed E-state index contributed by atoms with van der Waals surface area (Å²) in [6.07, 6.45) is 9.56. The van der Waals surface area contributed by atoms with Crippen LogP contribution in [0.1, 0.15) is 62.6 Å². The van der Waals surface area contributed by atoms with E-state index in [0.717, 1.165) is 54.5 Å². The number of imide groups is 1. The van der Waals surface area contributed by atoms with Crippen LogP contribution in [0.3, 0.4) is 0 Å². The summed E-state index contributed by atoms with van der Waals surface area (Å²) in [4.78, 5) is 33.5. The molecule has 4 aliphatic rings. The van der Waals surface area contributed by atoms with Crippen LogP contribution in [0.2, 0.25) is 6.32 Å². The van der Waals surface area contributed by atoms with Crippen molar-refractivity contribution in [2.24, 2.45) is 17.8 Å².